The average molecular weight is 442 g/mol. The number of aromatic nitrogens is 2. The second-order valence-electron chi connectivity index (χ2n) is 7.30. The molecule has 0 radical (unpaired) electrons. The summed E-state index contributed by atoms with van der Waals surface area (Å²) in [6, 6.07) is 18.7. The number of hydrogen-bond acceptors (Lipinski definition) is 6. The number of benzene rings is 2. The van der Waals surface area contributed by atoms with Gasteiger partial charge in [-0.1, -0.05) is 24.3 Å². The third-order valence-electron chi connectivity index (χ3n) is 5.08. The van der Waals surface area contributed by atoms with Crippen LogP contribution in [-0.2, 0) is 17.8 Å². The number of para-hydroxylation sites is 1. The Bertz CT molecular complexity index is 1290. The van der Waals surface area contributed by atoms with E-state index in [1.165, 1.54) is 0 Å². The van der Waals surface area contributed by atoms with Gasteiger partial charge in [-0.05, 0) is 41.8 Å². The Balaban J connectivity index is 1.33. The number of rotatable bonds is 5. The molecule has 7 nitrogen and oxygen atoms in total. The van der Waals surface area contributed by atoms with E-state index in [4.69, 9.17) is 0 Å². The maximum absolute atomic E-state index is 12.4. The first-order valence-corrected chi connectivity index (χ1v) is 11.0. The molecule has 4 aromatic rings. The summed E-state index contributed by atoms with van der Waals surface area (Å²) in [5.41, 5.74) is 4.43. The van der Waals surface area contributed by atoms with E-state index in [-0.39, 0.29) is 18.2 Å². The van der Waals surface area contributed by atoms with Gasteiger partial charge in [0, 0.05) is 33.5 Å². The number of anilines is 3. The average Bonchev–Trinajstić information content (AvgIpc) is 3.28. The lowest BCUT2D eigenvalue weighted by molar-refractivity contribution is -0.115. The van der Waals surface area contributed by atoms with E-state index in [9.17, 15) is 9.59 Å². The number of nitrogens with zero attached hydrogens (tertiary/aromatic N) is 2. The normalized spacial score (nSPS) is 12.2. The zero-order chi connectivity index (χ0) is 21.9. The van der Waals surface area contributed by atoms with Crippen LogP contribution in [0.1, 0.15) is 20.8 Å². The Morgan fingerprint density at radius 2 is 1.91 bits per heavy atom. The van der Waals surface area contributed by atoms with Crippen LogP contribution in [0.25, 0.3) is 11.3 Å². The van der Waals surface area contributed by atoms with Crippen molar-refractivity contribution in [3.05, 3.63) is 88.2 Å². The highest BCUT2D eigenvalue weighted by Crippen LogP contribution is 2.32. The molecule has 2 amide bonds. The molecular weight excluding hydrogens is 422 g/mol. The van der Waals surface area contributed by atoms with Crippen molar-refractivity contribution in [3.63, 3.8) is 0 Å². The number of thiophene rings is 1. The minimum atomic E-state index is -0.125. The van der Waals surface area contributed by atoms with Crippen LogP contribution in [0, 0.1) is 0 Å². The predicted molar refractivity (Wildman–Crippen MR) is 125 cm³/mol. The first-order valence-electron chi connectivity index (χ1n) is 10.1. The van der Waals surface area contributed by atoms with Crippen molar-refractivity contribution >= 4 is 40.5 Å². The Labute approximate surface area is 188 Å². The SMILES string of the molecule is O=C1Cc2cnc(Nc3ccc(C(=O)NCc4cccs4)cc3)nc2-c2ccccc2N1. The van der Waals surface area contributed by atoms with Gasteiger partial charge < -0.3 is 16.0 Å². The summed E-state index contributed by atoms with van der Waals surface area (Å²) in [7, 11) is 0. The summed E-state index contributed by atoms with van der Waals surface area (Å²) in [4.78, 5) is 34.7. The van der Waals surface area contributed by atoms with E-state index in [1.807, 2.05) is 53.9 Å². The lowest BCUT2D eigenvalue weighted by Gasteiger charge is -2.11. The molecule has 5 rings (SSSR count). The van der Waals surface area contributed by atoms with E-state index < -0.39 is 0 Å². The fourth-order valence-electron chi connectivity index (χ4n) is 3.51. The van der Waals surface area contributed by atoms with Crippen LogP contribution in [0.15, 0.2) is 72.2 Å². The molecular formula is C24H19N5O2S. The molecule has 1 aliphatic heterocycles. The maximum Gasteiger partial charge on any atom is 0.251 e. The molecule has 2 aromatic carbocycles. The van der Waals surface area contributed by atoms with E-state index in [0.29, 0.717) is 18.1 Å². The van der Waals surface area contributed by atoms with Crippen LogP contribution in [0.4, 0.5) is 17.3 Å². The first-order chi connectivity index (χ1) is 15.7. The second kappa shape index (κ2) is 8.60. The van der Waals surface area contributed by atoms with Crippen molar-refractivity contribution < 1.29 is 9.59 Å². The van der Waals surface area contributed by atoms with Crippen LogP contribution >= 0.6 is 11.3 Å². The first kappa shape index (κ1) is 19.9. The number of nitrogens with one attached hydrogen (secondary N) is 3. The smallest absolute Gasteiger partial charge is 0.251 e. The lowest BCUT2D eigenvalue weighted by Crippen LogP contribution is -2.22. The molecule has 0 unspecified atom stereocenters. The minimum Gasteiger partial charge on any atom is -0.347 e. The van der Waals surface area contributed by atoms with Gasteiger partial charge in [-0.3, -0.25) is 9.59 Å². The third-order valence-corrected chi connectivity index (χ3v) is 5.95. The molecule has 0 saturated heterocycles. The van der Waals surface area contributed by atoms with Crippen LogP contribution in [0.2, 0.25) is 0 Å². The number of hydrogen-bond donors (Lipinski definition) is 3. The van der Waals surface area contributed by atoms with E-state index >= 15 is 0 Å². The summed E-state index contributed by atoms with van der Waals surface area (Å²) < 4.78 is 0. The monoisotopic (exact) mass is 441 g/mol. The van der Waals surface area contributed by atoms with Gasteiger partial charge >= 0.3 is 0 Å². The van der Waals surface area contributed by atoms with Gasteiger partial charge in [-0.15, -0.1) is 11.3 Å². The van der Waals surface area contributed by atoms with E-state index in [2.05, 4.69) is 25.9 Å². The summed E-state index contributed by atoms with van der Waals surface area (Å²) in [5.74, 6) is 0.205. The van der Waals surface area contributed by atoms with Gasteiger partial charge in [0.25, 0.3) is 5.91 Å². The Morgan fingerprint density at radius 3 is 2.72 bits per heavy atom. The predicted octanol–water partition coefficient (Wildman–Crippen LogP) is 4.37. The molecule has 3 N–H and O–H groups in total. The molecule has 0 fully saturated rings. The summed E-state index contributed by atoms with van der Waals surface area (Å²) in [6.07, 6.45) is 1.90. The molecule has 0 saturated carbocycles. The van der Waals surface area contributed by atoms with E-state index in [1.54, 1.807) is 29.7 Å². The molecule has 0 spiro atoms. The van der Waals surface area contributed by atoms with E-state index in [0.717, 1.165) is 33.1 Å². The van der Waals surface area contributed by atoms with Crippen molar-refractivity contribution in [2.24, 2.45) is 0 Å². The second-order valence-corrected chi connectivity index (χ2v) is 8.33. The van der Waals surface area contributed by atoms with Gasteiger partial charge in [-0.25, -0.2) is 9.97 Å². The fourth-order valence-corrected chi connectivity index (χ4v) is 4.16. The van der Waals surface area contributed by atoms with Crippen LogP contribution in [0.5, 0.6) is 0 Å². The topological polar surface area (TPSA) is 96.0 Å². The largest absolute Gasteiger partial charge is 0.347 e. The van der Waals surface area contributed by atoms with Crippen molar-refractivity contribution in [1.29, 1.82) is 0 Å². The zero-order valence-corrected chi connectivity index (χ0v) is 17.8. The Hall–Kier alpha value is -4.04. The summed E-state index contributed by atoms with van der Waals surface area (Å²) in [5, 5.41) is 11.0. The molecule has 1 aliphatic rings. The van der Waals surface area contributed by atoms with Gasteiger partial charge in [0.1, 0.15) is 0 Å². The molecule has 3 heterocycles. The van der Waals surface area contributed by atoms with Crippen LogP contribution < -0.4 is 16.0 Å². The van der Waals surface area contributed by atoms with Crippen molar-refractivity contribution in [2.45, 2.75) is 13.0 Å². The van der Waals surface area contributed by atoms with Crippen molar-refractivity contribution in [3.8, 4) is 11.3 Å². The minimum absolute atomic E-state index is 0.0894. The molecule has 158 valence electrons. The molecule has 32 heavy (non-hydrogen) atoms. The molecule has 8 heteroatoms. The van der Waals surface area contributed by atoms with Crippen molar-refractivity contribution in [2.75, 3.05) is 10.6 Å². The summed E-state index contributed by atoms with van der Waals surface area (Å²) in [6.45, 7) is 0.512. The highest BCUT2D eigenvalue weighted by molar-refractivity contribution is 7.09. The number of fused-ring (bicyclic) bond motifs is 3. The van der Waals surface area contributed by atoms with Crippen LogP contribution in [-0.4, -0.2) is 21.8 Å². The van der Waals surface area contributed by atoms with Gasteiger partial charge in [0.2, 0.25) is 11.9 Å². The summed E-state index contributed by atoms with van der Waals surface area (Å²) >= 11 is 1.61. The number of carbonyl (C=O) groups excluding carboxylic acids is 2. The molecule has 2 aromatic heterocycles. The fraction of sp³-hybridized carbons (Fsp3) is 0.0833. The molecule has 0 atom stereocenters. The molecule has 0 aliphatic carbocycles. The maximum atomic E-state index is 12.4. The van der Waals surface area contributed by atoms with Crippen LogP contribution in [0.3, 0.4) is 0 Å². The highest BCUT2D eigenvalue weighted by atomic mass is 32.1. The van der Waals surface area contributed by atoms with Gasteiger partial charge in [0.05, 0.1) is 24.3 Å². The number of amides is 2. The highest BCUT2D eigenvalue weighted by Gasteiger charge is 2.20. The number of carbonyl (C=O) groups is 2. The molecule has 0 bridgehead atoms. The standard InChI is InChI=1S/C24H19N5O2S/c30-21-12-16-13-26-24(29-22(16)19-5-1-2-6-20(19)28-21)27-17-9-7-15(8-10-17)23(31)25-14-18-4-3-11-32-18/h1-11,13H,12,14H2,(H,25,31)(H,28,30)(H,26,27,29). The lowest BCUT2D eigenvalue weighted by atomic mass is 10.1. The third kappa shape index (κ3) is 4.21. The Morgan fingerprint density at radius 1 is 1.06 bits per heavy atom. The van der Waals surface area contributed by atoms with Gasteiger partial charge in [-0.2, -0.15) is 0 Å². The quantitative estimate of drug-likeness (QED) is 0.427. The Kier molecular flexibility index (Phi) is 5.35. The van der Waals surface area contributed by atoms with Crippen molar-refractivity contribution in [1.82, 2.24) is 15.3 Å². The van der Waals surface area contributed by atoms with Gasteiger partial charge in [0.15, 0.2) is 0 Å². The zero-order valence-electron chi connectivity index (χ0n) is 17.0.